The van der Waals surface area contributed by atoms with Crippen LogP contribution in [0, 0.1) is 0 Å². The van der Waals surface area contributed by atoms with Crippen LogP contribution in [-0.4, -0.2) is 29.6 Å². The van der Waals surface area contributed by atoms with E-state index in [0.717, 1.165) is 9.80 Å². The highest BCUT2D eigenvalue weighted by Crippen LogP contribution is 2.67. The smallest absolute Gasteiger partial charge is 0.316 e. The molecule has 0 aromatic heterocycles. The Hall–Kier alpha value is -4.59. The normalized spacial score (nSPS) is 25.9. The summed E-state index contributed by atoms with van der Waals surface area (Å²) >= 11 is 0. The molecule has 8 heteroatoms. The van der Waals surface area contributed by atoms with Gasteiger partial charge in [0.05, 0.1) is 11.4 Å². The van der Waals surface area contributed by atoms with Crippen molar-refractivity contribution in [2.45, 2.75) is 30.8 Å². The first-order valence-electron chi connectivity index (χ1n) is 11.5. The van der Waals surface area contributed by atoms with Crippen LogP contribution in [0.4, 0.5) is 11.4 Å². The van der Waals surface area contributed by atoms with Gasteiger partial charge >= 0.3 is 5.97 Å². The van der Waals surface area contributed by atoms with Crippen molar-refractivity contribution in [3.63, 3.8) is 0 Å². The summed E-state index contributed by atoms with van der Waals surface area (Å²) in [7, 11) is 0. The zero-order valence-corrected chi connectivity index (χ0v) is 19.4. The van der Waals surface area contributed by atoms with Crippen LogP contribution in [-0.2, 0) is 39.7 Å². The molecule has 3 heterocycles. The molecular weight excluding hydrogens is 460 g/mol. The molecule has 3 aliphatic heterocycles. The number of ether oxygens (including phenoxy) is 1. The highest BCUT2D eigenvalue weighted by molar-refractivity contribution is 6.31. The highest BCUT2D eigenvalue weighted by Gasteiger charge is 2.82. The summed E-state index contributed by atoms with van der Waals surface area (Å²) in [6.07, 6.45) is 0. The molecular formula is C28H20N2O6. The Kier molecular flexibility index (Phi) is 4.39. The number of nitrogens with zero attached hydrogens (tertiary/aromatic N) is 2. The van der Waals surface area contributed by atoms with Gasteiger partial charge in [-0.15, -0.1) is 0 Å². The molecule has 178 valence electrons. The van der Waals surface area contributed by atoms with Crippen molar-refractivity contribution in [1.29, 1.82) is 0 Å². The van der Waals surface area contributed by atoms with E-state index < -0.39 is 46.5 Å². The number of hydrogen-bond acceptors (Lipinski definition) is 6. The summed E-state index contributed by atoms with van der Waals surface area (Å²) in [4.78, 5) is 70.2. The minimum atomic E-state index is -2.19. The molecule has 4 amide bonds. The van der Waals surface area contributed by atoms with E-state index in [1.165, 1.54) is 13.8 Å². The standard InChI is InChI=1S/C28H20N2O6/c1-16(31)29-21-14-8-6-12-19(21)27(25(29)34)23(18-10-4-3-5-11-18)24(33)36-28(27)20-13-7-9-15-22(20)30(17(2)32)26(28)35/h3-15,23H,1-2H3/t23-,27+,28-/m1/s1. The number of benzene rings is 3. The topological polar surface area (TPSA) is 101 Å². The molecule has 36 heavy (non-hydrogen) atoms. The average molecular weight is 480 g/mol. The van der Waals surface area contributed by atoms with Gasteiger partial charge in [0.1, 0.15) is 11.3 Å². The fraction of sp³-hybridized carbons (Fsp3) is 0.179. The van der Waals surface area contributed by atoms with Crippen molar-refractivity contribution in [3.05, 3.63) is 95.6 Å². The zero-order chi connectivity index (χ0) is 25.4. The lowest BCUT2D eigenvalue weighted by atomic mass is 9.59. The lowest BCUT2D eigenvalue weighted by molar-refractivity contribution is -0.162. The number of carbonyl (C=O) groups is 5. The van der Waals surface area contributed by atoms with Crippen molar-refractivity contribution < 1.29 is 28.7 Å². The molecule has 3 atom stereocenters. The van der Waals surface area contributed by atoms with E-state index in [1.54, 1.807) is 78.9 Å². The zero-order valence-electron chi connectivity index (χ0n) is 19.4. The second-order valence-electron chi connectivity index (χ2n) is 9.11. The van der Waals surface area contributed by atoms with Crippen molar-refractivity contribution >= 4 is 41.0 Å². The lowest BCUT2D eigenvalue weighted by Crippen LogP contribution is -2.60. The van der Waals surface area contributed by atoms with Crippen molar-refractivity contribution in [3.8, 4) is 0 Å². The molecule has 0 N–H and O–H groups in total. The Morgan fingerprint density at radius 1 is 0.694 bits per heavy atom. The molecule has 3 aromatic rings. The molecule has 0 bridgehead atoms. The maximum absolute atomic E-state index is 14.6. The van der Waals surface area contributed by atoms with Crippen LogP contribution in [0.1, 0.15) is 36.5 Å². The number of anilines is 2. The SMILES string of the molecule is CC(=O)N1C(=O)[C@]2(c3ccccc31)[C@H](c1ccccc1)C(=O)O[C@]21C(=O)N(C(C)=O)c2ccccc21. The maximum Gasteiger partial charge on any atom is 0.316 e. The predicted octanol–water partition coefficient (Wildman–Crippen LogP) is 2.95. The van der Waals surface area contributed by atoms with Crippen molar-refractivity contribution in [1.82, 2.24) is 0 Å². The molecule has 0 saturated carbocycles. The fourth-order valence-electron chi connectivity index (χ4n) is 6.18. The first-order chi connectivity index (χ1) is 17.3. The van der Waals surface area contributed by atoms with E-state index in [0.29, 0.717) is 11.1 Å². The summed E-state index contributed by atoms with van der Waals surface area (Å²) in [5.41, 5.74) is -2.64. The molecule has 6 rings (SSSR count). The van der Waals surface area contributed by atoms with Gasteiger partial charge in [-0.05, 0) is 23.3 Å². The lowest BCUT2D eigenvalue weighted by Gasteiger charge is -2.38. The number of para-hydroxylation sites is 2. The first kappa shape index (κ1) is 21.9. The van der Waals surface area contributed by atoms with Crippen LogP contribution in [0.25, 0.3) is 0 Å². The van der Waals surface area contributed by atoms with E-state index in [9.17, 15) is 24.0 Å². The summed E-state index contributed by atoms with van der Waals surface area (Å²) in [5.74, 6) is -4.77. The van der Waals surface area contributed by atoms with Gasteiger partial charge in [-0.3, -0.25) is 24.0 Å². The first-order valence-corrected chi connectivity index (χ1v) is 11.5. The molecule has 1 fully saturated rings. The molecule has 0 aliphatic carbocycles. The van der Waals surface area contributed by atoms with E-state index in [2.05, 4.69) is 0 Å². The second-order valence-corrected chi connectivity index (χ2v) is 9.11. The molecule has 3 aliphatic rings. The molecule has 8 nitrogen and oxygen atoms in total. The fourth-order valence-corrected chi connectivity index (χ4v) is 6.18. The van der Waals surface area contributed by atoms with Crippen LogP contribution in [0.15, 0.2) is 78.9 Å². The molecule has 0 radical (unpaired) electrons. The van der Waals surface area contributed by atoms with Gasteiger partial charge in [-0.1, -0.05) is 66.7 Å². The predicted molar refractivity (Wildman–Crippen MR) is 128 cm³/mol. The van der Waals surface area contributed by atoms with Gasteiger partial charge in [-0.2, -0.15) is 0 Å². The Labute approximate surface area is 206 Å². The van der Waals surface area contributed by atoms with E-state index in [-0.39, 0.29) is 16.9 Å². The van der Waals surface area contributed by atoms with E-state index in [1.807, 2.05) is 0 Å². The van der Waals surface area contributed by atoms with E-state index >= 15 is 0 Å². The quantitative estimate of drug-likeness (QED) is 0.497. The minimum Gasteiger partial charge on any atom is -0.442 e. The molecule has 2 spiro atoms. The monoisotopic (exact) mass is 480 g/mol. The maximum atomic E-state index is 14.6. The molecule has 1 saturated heterocycles. The number of esters is 1. The third-order valence-electron chi connectivity index (χ3n) is 7.38. The second kappa shape index (κ2) is 7.21. The van der Waals surface area contributed by atoms with Crippen LogP contribution in [0.3, 0.4) is 0 Å². The summed E-state index contributed by atoms with van der Waals surface area (Å²) in [6.45, 7) is 2.49. The Morgan fingerprint density at radius 3 is 1.81 bits per heavy atom. The van der Waals surface area contributed by atoms with Gasteiger partial charge in [0.25, 0.3) is 11.8 Å². The Bertz CT molecular complexity index is 1520. The number of carbonyl (C=O) groups excluding carboxylic acids is 5. The van der Waals surface area contributed by atoms with Gasteiger partial charge < -0.3 is 4.74 Å². The third-order valence-corrected chi connectivity index (χ3v) is 7.38. The highest BCUT2D eigenvalue weighted by atomic mass is 16.6. The van der Waals surface area contributed by atoms with Gasteiger partial charge in [-0.25, -0.2) is 9.80 Å². The van der Waals surface area contributed by atoms with Gasteiger partial charge in [0.2, 0.25) is 17.4 Å². The van der Waals surface area contributed by atoms with Crippen LogP contribution in [0.2, 0.25) is 0 Å². The van der Waals surface area contributed by atoms with Crippen LogP contribution < -0.4 is 9.80 Å². The molecule has 0 unspecified atom stereocenters. The average Bonchev–Trinajstić information content (AvgIpc) is 3.39. The van der Waals surface area contributed by atoms with E-state index in [4.69, 9.17) is 4.74 Å². The number of fused-ring (bicyclic) bond motifs is 5. The van der Waals surface area contributed by atoms with Crippen LogP contribution in [0.5, 0.6) is 0 Å². The number of rotatable bonds is 1. The minimum absolute atomic E-state index is 0.227. The Balaban J connectivity index is 1.79. The Morgan fingerprint density at radius 2 is 1.19 bits per heavy atom. The van der Waals surface area contributed by atoms with Crippen molar-refractivity contribution in [2.75, 3.05) is 9.80 Å². The van der Waals surface area contributed by atoms with Gasteiger partial charge in [0.15, 0.2) is 0 Å². The largest absolute Gasteiger partial charge is 0.442 e. The third kappa shape index (κ3) is 2.31. The van der Waals surface area contributed by atoms with Crippen LogP contribution >= 0.6 is 0 Å². The number of imide groups is 2. The summed E-state index contributed by atoms with van der Waals surface area (Å²) in [5, 5.41) is 0. The van der Waals surface area contributed by atoms with Crippen molar-refractivity contribution in [2.24, 2.45) is 0 Å². The summed E-state index contributed by atoms with van der Waals surface area (Å²) in [6, 6.07) is 21.7. The summed E-state index contributed by atoms with van der Waals surface area (Å²) < 4.78 is 6.05. The van der Waals surface area contributed by atoms with Gasteiger partial charge in [0, 0.05) is 19.4 Å². The number of amides is 4. The molecule has 3 aromatic carbocycles. The number of hydrogen-bond donors (Lipinski definition) is 0.